The Labute approximate surface area is 97.3 Å². The molecule has 0 radical (unpaired) electrons. The highest BCUT2D eigenvalue weighted by molar-refractivity contribution is 5.45. The predicted octanol–water partition coefficient (Wildman–Crippen LogP) is 2.79. The van der Waals surface area contributed by atoms with Crippen molar-refractivity contribution in [2.75, 3.05) is 25.5 Å². The molecule has 0 aliphatic heterocycles. The molecule has 1 rings (SSSR count). The first-order chi connectivity index (χ1) is 7.67. The summed E-state index contributed by atoms with van der Waals surface area (Å²) >= 11 is 0. The van der Waals surface area contributed by atoms with Gasteiger partial charge in [0, 0.05) is 12.2 Å². The molecule has 16 heavy (non-hydrogen) atoms. The number of halogens is 1. The highest BCUT2D eigenvalue weighted by atomic mass is 19.1. The van der Waals surface area contributed by atoms with Crippen molar-refractivity contribution < 1.29 is 4.39 Å². The van der Waals surface area contributed by atoms with Gasteiger partial charge in [-0.2, -0.15) is 0 Å². The molecule has 0 amide bonds. The van der Waals surface area contributed by atoms with Gasteiger partial charge in [0.1, 0.15) is 5.82 Å². The highest BCUT2D eigenvalue weighted by Crippen LogP contribution is 2.14. The first kappa shape index (κ1) is 13.0. The van der Waals surface area contributed by atoms with Crippen LogP contribution in [0.3, 0.4) is 0 Å². The van der Waals surface area contributed by atoms with Crippen LogP contribution in [0.1, 0.15) is 18.9 Å². The van der Waals surface area contributed by atoms with Crippen LogP contribution in [-0.2, 0) is 0 Å². The van der Waals surface area contributed by atoms with Crippen LogP contribution >= 0.6 is 0 Å². The molecule has 1 unspecified atom stereocenters. The SMILES string of the molecule is CCC(CNC)CNc1ccc(F)c(C)c1. The summed E-state index contributed by atoms with van der Waals surface area (Å²) in [7, 11) is 1.96. The molecule has 1 aromatic carbocycles. The summed E-state index contributed by atoms with van der Waals surface area (Å²) in [4.78, 5) is 0. The van der Waals surface area contributed by atoms with E-state index in [0.29, 0.717) is 11.5 Å². The average molecular weight is 224 g/mol. The second-order valence-electron chi connectivity index (χ2n) is 4.18. The molecule has 2 N–H and O–H groups in total. The summed E-state index contributed by atoms with van der Waals surface area (Å²) in [6, 6.07) is 5.15. The highest BCUT2D eigenvalue weighted by Gasteiger charge is 2.05. The van der Waals surface area contributed by atoms with Gasteiger partial charge >= 0.3 is 0 Å². The predicted molar refractivity (Wildman–Crippen MR) is 67.3 cm³/mol. The van der Waals surface area contributed by atoms with Crippen LogP contribution in [0.5, 0.6) is 0 Å². The Balaban J connectivity index is 2.50. The van der Waals surface area contributed by atoms with E-state index in [2.05, 4.69) is 17.6 Å². The number of nitrogens with one attached hydrogen (secondary N) is 2. The lowest BCUT2D eigenvalue weighted by Crippen LogP contribution is -2.24. The zero-order valence-electron chi connectivity index (χ0n) is 10.3. The molecule has 90 valence electrons. The second kappa shape index (κ2) is 6.48. The third-order valence-corrected chi connectivity index (χ3v) is 2.82. The van der Waals surface area contributed by atoms with Crippen molar-refractivity contribution in [2.24, 2.45) is 5.92 Å². The van der Waals surface area contributed by atoms with E-state index in [4.69, 9.17) is 0 Å². The Bertz CT molecular complexity index is 326. The lowest BCUT2D eigenvalue weighted by molar-refractivity contribution is 0.506. The van der Waals surface area contributed by atoms with Gasteiger partial charge in [0.2, 0.25) is 0 Å². The molecule has 0 aromatic heterocycles. The molecule has 1 aromatic rings. The molecule has 2 nitrogen and oxygen atoms in total. The average Bonchev–Trinajstić information content (AvgIpc) is 2.28. The first-order valence-electron chi connectivity index (χ1n) is 5.82. The molecule has 1 atom stereocenters. The van der Waals surface area contributed by atoms with Gasteiger partial charge in [-0.15, -0.1) is 0 Å². The second-order valence-corrected chi connectivity index (χ2v) is 4.18. The molecular formula is C13H21FN2. The number of aryl methyl sites for hydroxylation is 1. The lowest BCUT2D eigenvalue weighted by atomic mass is 10.1. The van der Waals surface area contributed by atoms with Gasteiger partial charge < -0.3 is 10.6 Å². The Morgan fingerprint density at radius 2 is 2.06 bits per heavy atom. The molecular weight excluding hydrogens is 203 g/mol. The minimum atomic E-state index is -0.146. The van der Waals surface area contributed by atoms with Crippen LogP contribution in [0.2, 0.25) is 0 Å². The lowest BCUT2D eigenvalue weighted by Gasteiger charge is -2.16. The number of hydrogen-bond donors (Lipinski definition) is 2. The Hall–Kier alpha value is -1.09. The maximum atomic E-state index is 13.0. The first-order valence-corrected chi connectivity index (χ1v) is 5.82. The standard InChI is InChI=1S/C13H21FN2/c1-4-11(8-15-3)9-16-12-5-6-13(14)10(2)7-12/h5-7,11,15-16H,4,8-9H2,1-3H3. The van der Waals surface area contributed by atoms with E-state index >= 15 is 0 Å². The van der Waals surface area contributed by atoms with Crippen molar-refractivity contribution in [3.63, 3.8) is 0 Å². The van der Waals surface area contributed by atoms with Crippen molar-refractivity contribution in [3.8, 4) is 0 Å². The van der Waals surface area contributed by atoms with Gasteiger partial charge in [-0.3, -0.25) is 0 Å². The van der Waals surface area contributed by atoms with Crippen molar-refractivity contribution in [3.05, 3.63) is 29.6 Å². The molecule has 0 aliphatic carbocycles. The fourth-order valence-corrected chi connectivity index (χ4v) is 1.67. The van der Waals surface area contributed by atoms with Crippen LogP contribution in [0.15, 0.2) is 18.2 Å². The fraction of sp³-hybridized carbons (Fsp3) is 0.538. The molecule has 0 saturated heterocycles. The van der Waals surface area contributed by atoms with Crippen molar-refractivity contribution in [2.45, 2.75) is 20.3 Å². The quantitative estimate of drug-likeness (QED) is 0.776. The van der Waals surface area contributed by atoms with E-state index in [1.165, 1.54) is 6.07 Å². The van der Waals surface area contributed by atoms with Crippen LogP contribution in [0.25, 0.3) is 0 Å². The maximum Gasteiger partial charge on any atom is 0.126 e. The van der Waals surface area contributed by atoms with Gasteiger partial charge in [-0.1, -0.05) is 13.3 Å². The topological polar surface area (TPSA) is 24.1 Å². The zero-order chi connectivity index (χ0) is 12.0. The van der Waals surface area contributed by atoms with Crippen LogP contribution in [-0.4, -0.2) is 20.1 Å². The third-order valence-electron chi connectivity index (χ3n) is 2.82. The molecule has 3 heteroatoms. The maximum absolute atomic E-state index is 13.0. The summed E-state index contributed by atoms with van der Waals surface area (Å²) in [5, 5.41) is 6.52. The Kier molecular flexibility index (Phi) is 5.26. The van der Waals surface area contributed by atoms with Gasteiger partial charge in [0.05, 0.1) is 0 Å². The third kappa shape index (κ3) is 3.81. The van der Waals surface area contributed by atoms with Crippen molar-refractivity contribution >= 4 is 5.69 Å². The van der Waals surface area contributed by atoms with Gasteiger partial charge in [0.25, 0.3) is 0 Å². The normalized spacial score (nSPS) is 12.5. The van der Waals surface area contributed by atoms with Gasteiger partial charge in [-0.25, -0.2) is 4.39 Å². The summed E-state index contributed by atoms with van der Waals surface area (Å²) < 4.78 is 13.0. The van der Waals surface area contributed by atoms with E-state index in [-0.39, 0.29) is 5.82 Å². The van der Waals surface area contributed by atoms with Gasteiger partial charge in [0.15, 0.2) is 0 Å². The van der Waals surface area contributed by atoms with E-state index < -0.39 is 0 Å². The van der Waals surface area contributed by atoms with E-state index in [1.807, 2.05) is 13.1 Å². The smallest absolute Gasteiger partial charge is 0.126 e. The zero-order valence-corrected chi connectivity index (χ0v) is 10.3. The molecule has 0 fully saturated rings. The largest absolute Gasteiger partial charge is 0.385 e. The van der Waals surface area contributed by atoms with Crippen molar-refractivity contribution in [1.29, 1.82) is 0 Å². The van der Waals surface area contributed by atoms with Gasteiger partial charge in [-0.05, 0) is 50.2 Å². The summed E-state index contributed by atoms with van der Waals surface area (Å²) in [6.45, 7) is 5.89. The van der Waals surface area contributed by atoms with E-state index in [0.717, 1.165) is 25.2 Å². The summed E-state index contributed by atoms with van der Waals surface area (Å²) in [6.07, 6.45) is 1.13. The Morgan fingerprint density at radius 1 is 1.31 bits per heavy atom. The molecule has 0 aliphatic rings. The number of hydrogen-bond acceptors (Lipinski definition) is 2. The summed E-state index contributed by atoms with van der Waals surface area (Å²) in [5.74, 6) is 0.461. The van der Waals surface area contributed by atoms with Crippen LogP contribution in [0, 0.1) is 18.7 Å². The molecule has 0 spiro atoms. The van der Waals surface area contributed by atoms with E-state index in [9.17, 15) is 4.39 Å². The minimum absolute atomic E-state index is 0.146. The molecule has 0 saturated carbocycles. The molecule has 0 heterocycles. The van der Waals surface area contributed by atoms with Crippen LogP contribution in [0.4, 0.5) is 10.1 Å². The fourth-order valence-electron chi connectivity index (χ4n) is 1.67. The number of anilines is 1. The Morgan fingerprint density at radius 3 is 2.62 bits per heavy atom. The number of rotatable bonds is 6. The number of benzene rings is 1. The van der Waals surface area contributed by atoms with Crippen molar-refractivity contribution in [1.82, 2.24) is 5.32 Å². The molecule has 0 bridgehead atoms. The summed E-state index contributed by atoms with van der Waals surface area (Å²) in [5.41, 5.74) is 1.68. The monoisotopic (exact) mass is 224 g/mol. The van der Waals surface area contributed by atoms with Crippen LogP contribution < -0.4 is 10.6 Å². The minimum Gasteiger partial charge on any atom is -0.385 e. The van der Waals surface area contributed by atoms with E-state index in [1.54, 1.807) is 13.0 Å².